The van der Waals surface area contributed by atoms with E-state index in [0.29, 0.717) is 0 Å². The van der Waals surface area contributed by atoms with E-state index >= 15 is 0 Å². The van der Waals surface area contributed by atoms with Crippen LogP contribution < -0.4 is 15.8 Å². The lowest BCUT2D eigenvalue weighted by molar-refractivity contribution is -0.140. The second-order valence-electron chi connectivity index (χ2n) is 8.49. The van der Waals surface area contributed by atoms with Crippen molar-refractivity contribution in [1.29, 1.82) is 0 Å². The fourth-order valence-corrected chi connectivity index (χ4v) is 4.88. The summed E-state index contributed by atoms with van der Waals surface area (Å²) in [5.74, 6) is 1.09. The summed E-state index contributed by atoms with van der Waals surface area (Å²) < 4.78 is 6.54. The summed E-state index contributed by atoms with van der Waals surface area (Å²) >= 11 is 0. The van der Waals surface area contributed by atoms with Crippen LogP contribution in [0.5, 0.6) is 0 Å². The van der Waals surface area contributed by atoms with Crippen LogP contribution in [0.1, 0.15) is 37.7 Å². The Hall–Kier alpha value is -1.63. The van der Waals surface area contributed by atoms with Crippen LogP contribution in [0.25, 0.3) is 0 Å². The van der Waals surface area contributed by atoms with Gasteiger partial charge in [-0.05, 0) is 44.1 Å². The Morgan fingerprint density at radius 3 is 2.70 bits per heavy atom. The molecule has 146 valence electrons. The van der Waals surface area contributed by atoms with Gasteiger partial charge >= 0.3 is 0 Å². The van der Waals surface area contributed by atoms with Gasteiger partial charge in [-0.15, -0.1) is 0 Å². The normalized spacial score (nSPS) is 27.5. The molecule has 3 heterocycles. The molecule has 3 fully saturated rings. The first kappa shape index (κ1) is 17.5. The smallest absolute Gasteiger partial charge is 0.241 e. The zero-order chi connectivity index (χ0) is 18.3. The van der Waals surface area contributed by atoms with Gasteiger partial charge in [0.15, 0.2) is 0 Å². The highest BCUT2D eigenvalue weighted by atomic mass is 16.5. The number of amides is 1. The highest BCUT2D eigenvalue weighted by Crippen LogP contribution is 2.44. The summed E-state index contributed by atoms with van der Waals surface area (Å²) in [4.78, 5) is 17.3. The zero-order valence-corrected chi connectivity index (χ0v) is 16.0. The predicted octanol–water partition coefficient (Wildman–Crippen LogP) is 1.62. The van der Waals surface area contributed by atoms with Crippen LogP contribution in [0.3, 0.4) is 0 Å². The Morgan fingerprint density at radius 1 is 1.15 bits per heavy atom. The molecule has 3 aliphatic heterocycles. The lowest BCUT2D eigenvalue weighted by Gasteiger charge is -2.42. The van der Waals surface area contributed by atoms with Gasteiger partial charge in [0.25, 0.3) is 0 Å². The topological polar surface area (TPSA) is 56.8 Å². The number of benzene rings is 1. The molecule has 1 atom stereocenters. The van der Waals surface area contributed by atoms with E-state index in [1.807, 2.05) is 4.90 Å². The van der Waals surface area contributed by atoms with Crippen molar-refractivity contribution >= 4 is 11.6 Å². The number of anilines is 1. The molecule has 2 saturated heterocycles. The van der Waals surface area contributed by atoms with E-state index in [9.17, 15) is 4.79 Å². The van der Waals surface area contributed by atoms with Crippen molar-refractivity contribution < 1.29 is 9.53 Å². The summed E-state index contributed by atoms with van der Waals surface area (Å²) in [7, 11) is 0. The third-order valence-electron chi connectivity index (χ3n) is 6.67. The monoisotopic (exact) mass is 370 g/mol. The SMILES string of the molecule is O=C(C1CCNN1)N1CCC2(CC1)OCCN(CC1CC1)c1ccccc12. The van der Waals surface area contributed by atoms with E-state index in [1.165, 1.54) is 24.1 Å². The Balaban J connectivity index is 1.35. The molecule has 1 unspecified atom stereocenters. The summed E-state index contributed by atoms with van der Waals surface area (Å²) in [6.07, 6.45) is 5.37. The van der Waals surface area contributed by atoms with E-state index in [-0.39, 0.29) is 17.6 Å². The molecule has 1 aliphatic carbocycles. The molecule has 0 aromatic heterocycles. The molecule has 0 bridgehead atoms. The van der Waals surface area contributed by atoms with Gasteiger partial charge < -0.3 is 14.5 Å². The molecule has 2 N–H and O–H groups in total. The number of rotatable bonds is 3. The van der Waals surface area contributed by atoms with E-state index in [1.54, 1.807) is 0 Å². The van der Waals surface area contributed by atoms with Crippen LogP contribution in [0.2, 0.25) is 0 Å². The number of hydrazine groups is 1. The fraction of sp³-hybridized carbons (Fsp3) is 0.667. The van der Waals surface area contributed by atoms with Gasteiger partial charge in [0.1, 0.15) is 6.04 Å². The summed E-state index contributed by atoms with van der Waals surface area (Å²) in [5, 5.41) is 0. The first-order valence-electron chi connectivity index (χ1n) is 10.5. The van der Waals surface area contributed by atoms with E-state index in [4.69, 9.17) is 4.74 Å². The van der Waals surface area contributed by atoms with Gasteiger partial charge in [-0.25, -0.2) is 5.43 Å². The molecule has 6 heteroatoms. The minimum atomic E-state index is -0.243. The van der Waals surface area contributed by atoms with Crippen molar-refractivity contribution in [2.24, 2.45) is 5.92 Å². The van der Waals surface area contributed by atoms with Gasteiger partial charge in [0, 0.05) is 44.0 Å². The maximum atomic E-state index is 12.7. The summed E-state index contributed by atoms with van der Waals surface area (Å²) in [6, 6.07) is 8.72. The van der Waals surface area contributed by atoms with Gasteiger partial charge in [0.2, 0.25) is 5.91 Å². The van der Waals surface area contributed by atoms with Gasteiger partial charge in [-0.3, -0.25) is 10.2 Å². The van der Waals surface area contributed by atoms with Crippen molar-refractivity contribution in [3.8, 4) is 0 Å². The number of carbonyl (C=O) groups is 1. The van der Waals surface area contributed by atoms with E-state index in [2.05, 4.69) is 40.0 Å². The number of fused-ring (bicyclic) bond motifs is 2. The van der Waals surface area contributed by atoms with E-state index in [0.717, 1.165) is 64.5 Å². The highest BCUT2D eigenvalue weighted by molar-refractivity contribution is 5.82. The average Bonchev–Trinajstić information content (AvgIpc) is 3.39. The van der Waals surface area contributed by atoms with Crippen molar-refractivity contribution in [3.05, 3.63) is 29.8 Å². The first-order valence-corrected chi connectivity index (χ1v) is 10.5. The molecular weight excluding hydrogens is 340 g/mol. The highest BCUT2D eigenvalue weighted by Gasteiger charge is 2.43. The second-order valence-corrected chi connectivity index (χ2v) is 8.49. The minimum absolute atomic E-state index is 0.0737. The van der Waals surface area contributed by atoms with Crippen molar-refractivity contribution in [2.75, 3.05) is 44.2 Å². The lowest BCUT2D eigenvalue weighted by Crippen LogP contribution is -2.51. The Bertz CT molecular complexity index is 691. The Kier molecular flexibility index (Phi) is 4.58. The molecule has 1 amide bonds. The number of nitrogens with one attached hydrogen (secondary N) is 2. The number of hydrogen-bond acceptors (Lipinski definition) is 5. The second kappa shape index (κ2) is 7.08. The number of nitrogens with zero attached hydrogens (tertiary/aromatic N) is 2. The number of para-hydroxylation sites is 1. The molecule has 6 nitrogen and oxygen atoms in total. The average molecular weight is 370 g/mol. The lowest BCUT2D eigenvalue weighted by atomic mass is 9.82. The maximum absolute atomic E-state index is 12.7. The fourth-order valence-electron chi connectivity index (χ4n) is 4.88. The molecule has 1 aromatic rings. The van der Waals surface area contributed by atoms with Crippen LogP contribution >= 0.6 is 0 Å². The molecule has 1 aromatic carbocycles. The van der Waals surface area contributed by atoms with Crippen molar-refractivity contribution in [1.82, 2.24) is 15.8 Å². The van der Waals surface area contributed by atoms with Crippen LogP contribution in [0.4, 0.5) is 5.69 Å². The third-order valence-corrected chi connectivity index (χ3v) is 6.67. The minimum Gasteiger partial charge on any atom is -0.369 e. The van der Waals surface area contributed by atoms with Gasteiger partial charge in [-0.2, -0.15) is 0 Å². The Labute approximate surface area is 161 Å². The molecule has 1 spiro atoms. The van der Waals surface area contributed by atoms with Crippen LogP contribution in [0.15, 0.2) is 24.3 Å². The third kappa shape index (κ3) is 3.35. The molecule has 27 heavy (non-hydrogen) atoms. The number of piperidine rings is 1. The molecule has 5 rings (SSSR count). The predicted molar refractivity (Wildman–Crippen MR) is 104 cm³/mol. The molecule has 4 aliphatic rings. The quantitative estimate of drug-likeness (QED) is 0.847. The number of ether oxygens (including phenoxy) is 1. The largest absolute Gasteiger partial charge is 0.369 e. The van der Waals surface area contributed by atoms with E-state index < -0.39 is 0 Å². The molecule has 0 radical (unpaired) electrons. The Morgan fingerprint density at radius 2 is 1.96 bits per heavy atom. The summed E-state index contributed by atoms with van der Waals surface area (Å²) in [5.41, 5.74) is 8.61. The van der Waals surface area contributed by atoms with Crippen molar-refractivity contribution in [2.45, 2.75) is 43.7 Å². The van der Waals surface area contributed by atoms with Crippen LogP contribution in [-0.4, -0.2) is 56.2 Å². The van der Waals surface area contributed by atoms with Gasteiger partial charge in [-0.1, -0.05) is 18.2 Å². The first-order chi connectivity index (χ1) is 13.3. The van der Waals surface area contributed by atoms with Crippen molar-refractivity contribution in [3.63, 3.8) is 0 Å². The summed E-state index contributed by atoms with van der Waals surface area (Å²) in [6.45, 7) is 5.30. The zero-order valence-electron chi connectivity index (χ0n) is 16.0. The van der Waals surface area contributed by atoms with Crippen LogP contribution in [0, 0.1) is 5.92 Å². The molecule has 1 saturated carbocycles. The molecular formula is C21H30N4O2. The standard InChI is InChI=1S/C21H30N4O2/c26-20(18-7-10-22-23-18)24-11-8-21(9-12-24)17-3-1-2-4-19(17)25(13-14-27-21)15-16-5-6-16/h1-4,16,18,22-23H,5-15H2. The number of carbonyl (C=O) groups excluding carboxylic acids is 1. The number of likely N-dealkylation sites (tertiary alicyclic amines) is 1. The number of hydrogen-bond donors (Lipinski definition) is 2. The van der Waals surface area contributed by atoms with Crippen LogP contribution in [-0.2, 0) is 15.1 Å². The maximum Gasteiger partial charge on any atom is 0.241 e. The van der Waals surface area contributed by atoms with Gasteiger partial charge in [0.05, 0.1) is 12.2 Å².